The number of amides is 2. The fraction of sp³-hybridized carbons (Fsp3) is 0.500. The second kappa shape index (κ2) is 6.75. The average molecular weight is 305 g/mol. The van der Waals surface area contributed by atoms with E-state index in [9.17, 15) is 14.3 Å². The molecule has 0 saturated carbocycles. The Morgan fingerprint density at radius 1 is 1.50 bits per heavy atom. The number of nitriles is 1. The molecule has 1 aromatic carbocycles. The highest BCUT2D eigenvalue weighted by Gasteiger charge is 2.33. The van der Waals surface area contributed by atoms with Crippen molar-refractivity contribution in [3.63, 3.8) is 0 Å². The van der Waals surface area contributed by atoms with Crippen LogP contribution in [0.2, 0.25) is 0 Å². The fourth-order valence-electron chi connectivity index (χ4n) is 2.70. The Morgan fingerprint density at radius 3 is 2.73 bits per heavy atom. The number of carbonyl (C=O) groups excluding carboxylic acids is 1. The molecule has 1 heterocycles. The Labute approximate surface area is 129 Å². The zero-order valence-corrected chi connectivity index (χ0v) is 12.6. The van der Waals surface area contributed by atoms with Crippen LogP contribution in [-0.4, -0.2) is 35.7 Å². The first-order valence-corrected chi connectivity index (χ1v) is 7.40. The number of nitrogens with zero attached hydrogens (tertiary/aromatic N) is 2. The van der Waals surface area contributed by atoms with Crippen molar-refractivity contribution in [3.05, 3.63) is 29.6 Å². The Bertz CT molecular complexity index is 584. The van der Waals surface area contributed by atoms with Gasteiger partial charge in [0.2, 0.25) is 0 Å². The lowest BCUT2D eigenvalue weighted by Crippen LogP contribution is -2.46. The molecule has 118 valence electrons. The van der Waals surface area contributed by atoms with Gasteiger partial charge in [-0.05, 0) is 42.9 Å². The monoisotopic (exact) mass is 305 g/mol. The maximum atomic E-state index is 13.3. The molecule has 0 radical (unpaired) electrons. The Balaban J connectivity index is 1.98. The molecule has 1 aliphatic heterocycles. The van der Waals surface area contributed by atoms with Crippen LogP contribution in [0.25, 0.3) is 0 Å². The molecule has 0 unspecified atom stereocenters. The number of aliphatic hydroxyl groups is 1. The van der Waals surface area contributed by atoms with Gasteiger partial charge in [-0.3, -0.25) is 0 Å². The summed E-state index contributed by atoms with van der Waals surface area (Å²) in [5.41, 5.74) is 0.222. The minimum atomic E-state index is -0.603. The molecule has 0 spiro atoms. The van der Waals surface area contributed by atoms with E-state index in [1.807, 2.05) is 6.92 Å². The van der Waals surface area contributed by atoms with Crippen molar-refractivity contribution < 1.29 is 14.3 Å². The highest BCUT2D eigenvalue weighted by molar-refractivity contribution is 5.89. The van der Waals surface area contributed by atoms with Gasteiger partial charge in [-0.2, -0.15) is 5.26 Å². The standard InChI is InChI=1S/C16H20FN3O2/c1-2-16(11-21)5-7-20(8-6-16)15(22)19-13-3-4-14(17)12(9-13)10-18/h3-4,9,21H,2,5-8,11H2,1H3,(H,19,22). The van der Waals surface area contributed by atoms with Crippen LogP contribution in [0.5, 0.6) is 0 Å². The van der Waals surface area contributed by atoms with Gasteiger partial charge in [0.25, 0.3) is 0 Å². The number of hydrogen-bond acceptors (Lipinski definition) is 3. The second-order valence-electron chi connectivity index (χ2n) is 5.74. The van der Waals surface area contributed by atoms with Crippen LogP contribution in [-0.2, 0) is 0 Å². The maximum Gasteiger partial charge on any atom is 0.321 e. The number of anilines is 1. The van der Waals surface area contributed by atoms with Gasteiger partial charge in [0.05, 0.1) is 5.56 Å². The summed E-state index contributed by atoms with van der Waals surface area (Å²) in [4.78, 5) is 13.9. The molecular weight excluding hydrogens is 285 g/mol. The summed E-state index contributed by atoms with van der Waals surface area (Å²) in [6.45, 7) is 3.34. The normalized spacial score (nSPS) is 16.9. The van der Waals surface area contributed by atoms with Gasteiger partial charge in [-0.15, -0.1) is 0 Å². The summed E-state index contributed by atoms with van der Waals surface area (Å²) in [5, 5.41) is 21.0. The third-order valence-electron chi connectivity index (χ3n) is 4.53. The Morgan fingerprint density at radius 2 is 2.18 bits per heavy atom. The SMILES string of the molecule is CCC1(CO)CCN(C(=O)Nc2ccc(F)c(C#N)c2)CC1. The quantitative estimate of drug-likeness (QED) is 0.901. The molecule has 22 heavy (non-hydrogen) atoms. The number of halogens is 1. The number of piperidine rings is 1. The van der Waals surface area contributed by atoms with Crippen LogP contribution in [0.4, 0.5) is 14.9 Å². The zero-order valence-electron chi connectivity index (χ0n) is 12.6. The Kier molecular flexibility index (Phi) is 4.99. The lowest BCUT2D eigenvalue weighted by atomic mass is 9.77. The summed E-state index contributed by atoms with van der Waals surface area (Å²) >= 11 is 0. The van der Waals surface area contributed by atoms with Crippen LogP contribution in [0.1, 0.15) is 31.7 Å². The number of benzene rings is 1. The molecular formula is C16H20FN3O2. The van der Waals surface area contributed by atoms with Crippen LogP contribution in [0.15, 0.2) is 18.2 Å². The van der Waals surface area contributed by atoms with Crippen LogP contribution in [0.3, 0.4) is 0 Å². The first kappa shape index (κ1) is 16.2. The van der Waals surface area contributed by atoms with Gasteiger partial charge in [0, 0.05) is 25.4 Å². The zero-order chi connectivity index (χ0) is 16.2. The van der Waals surface area contributed by atoms with E-state index in [4.69, 9.17) is 5.26 Å². The van der Waals surface area contributed by atoms with Gasteiger partial charge in [-0.25, -0.2) is 9.18 Å². The summed E-state index contributed by atoms with van der Waals surface area (Å²) in [6, 6.07) is 5.40. The summed E-state index contributed by atoms with van der Waals surface area (Å²) in [6.07, 6.45) is 2.42. The molecule has 2 amide bonds. The highest BCUT2D eigenvalue weighted by Crippen LogP contribution is 2.34. The highest BCUT2D eigenvalue weighted by atomic mass is 19.1. The molecule has 5 nitrogen and oxygen atoms in total. The molecule has 0 aromatic heterocycles. The van der Waals surface area contributed by atoms with Crippen molar-refractivity contribution >= 4 is 11.7 Å². The third-order valence-corrected chi connectivity index (χ3v) is 4.53. The molecule has 1 fully saturated rings. The first-order chi connectivity index (χ1) is 10.5. The van der Waals surface area contributed by atoms with Gasteiger partial charge < -0.3 is 15.3 Å². The Hall–Kier alpha value is -2.13. The summed E-state index contributed by atoms with van der Waals surface area (Å²) < 4.78 is 13.3. The molecule has 6 heteroatoms. The molecule has 0 aliphatic carbocycles. The predicted octanol–water partition coefficient (Wildman–Crippen LogP) is 2.71. The van der Waals surface area contributed by atoms with E-state index >= 15 is 0 Å². The van der Waals surface area contributed by atoms with E-state index in [1.54, 1.807) is 11.0 Å². The summed E-state index contributed by atoms with van der Waals surface area (Å²) in [7, 11) is 0. The van der Waals surface area contributed by atoms with Gasteiger partial charge in [-0.1, -0.05) is 6.92 Å². The lowest BCUT2D eigenvalue weighted by molar-refractivity contribution is 0.0542. The average Bonchev–Trinajstić information content (AvgIpc) is 2.56. The smallest absolute Gasteiger partial charge is 0.321 e. The number of hydrogen-bond donors (Lipinski definition) is 2. The van der Waals surface area contributed by atoms with Crippen LogP contribution >= 0.6 is 0 Å². The van der Waals surface area contributed by atoms with Crippen molar-refractivity contribution in [2.75, 3.05) is 25.0 Å². The number of carbonyl (C=O) groups is 1. The number of rotatable bonds is 3. The van der Waals surface area contributed by atoms with Crippen LogP contribution < -0.4 is 5.32 Å². The lowest BCUT2D eigenvalue weighted by Gasteiger charge is -2.40. The topological polar surface area (TPSA) is 76.4 Å². The van der Waals surface area contributed by atoms with E-state index < -0.39 is 5.82 Å². The van der Waals surface area contributed by atoms with Gasteiger partial charge >= 0.3 is 6.03 Å². The molecule has 1 aliphatic rings. The van der Waals surface area contributed by atoms with Gasteiger partial charge in [0.15, 0.2) is 0 Å². The molecule has 1 saturated heterocycles. The van der Waals surface area contributed by atoms with Crippen molar-refractivity contribution in [1.29, 1.82) is 5.26 Å². The van der Waals surface area contributed by atoms with E-state index in [0.29, 0.717) is 18.8 Å². The number of likely N-dealkylation sites (tertiary alicyclic amines) is 1. The molecule has 1 aromatic rings. The van der Waals surface area contributed by atoms with Crippen molar-refractivity contribution in [3.8, 4) is 6.07 Å². The van der Waals surface area contributed by atoms with Crippen molar-refractivity contribution in [2.24, 2.45) is 5.41 Å². The maximum absolute atomic E-state index is 13.3. The minimum absolute atomic E-state index is 0.0827. The fourth-order valence-corrected chi connectivity index (χ4v) is 2.70. The van der Waals surface area contributed by atoms with E-state index in [0.717, 1.165) is 25.3 Å². The number of aliphatic hydroxyl groups excluding tert-OH is 1. The van der Waals surface area contributed by atoms with Crippen molar-refractivity contribution in [1.82, 2.24) is 4.90 Å². The molecule has 2 N–H and O–H groups in total. The van der Waals surface area contributed by atoms with Gasteiger partial charge in [0.1, 0.15) is 11.9 Å². The van der Waals surface area contributed by atoms with E-state index in [-0.39, 0.29) is 23.6 Å². The molecule has 0 atom stereocenters. The van der Waals surface area contributed by atoms with Crippen LogP contribution in [0, 0.1) is 22.6 Å². The largest absolute Gasteiger partial charge is 0.396 e. The molecule has 0 bridgehead atoms. The van der Waals surface area contributed by atoms with E-state index in [2.05, 4.69) is 5.32 Å². The first-order valence-electron chi connectivity index (χ1n) is 7.40. The second-order valence-corrected chi connectivity index (χ2v) is 5.74. The van der Waals surface area contributed by atoms with Crippen molar-refractivity contribution in [2.45, 2.75) is 26.2 Å². The molecule has 2 rings (SSSR count). The number of nitrogens with one attached hydrogen (secondary N) is 1. The van der Waals surface area contributed by atoms with E-state index in [1.165, 1.54) is 12.1 Å². The minimum Gasteiger partial charge on any atom is -0.396 e. The summed E-state index contributed by atoms with van der Waals surface area (Å²) in [5.74, 6) is -0.603. The third kappa shape index (κ3) is 3.37. The number of urea groups is 1. The predicted molar refractivity (Wildman–Crippen MR) is 80.8 cm³/mol.